The topological polar surface area (TPSA) is 49.8 Å². The Balaban J connectivity index is 1.66. The molecule has 2 N–H and O–H groups in total. The van der Waals surface area contributed by atoms with Crippen molar-refractivity contribution in [1.82, 2.24) is 9.97 Å². The largest absolute Gasteiger partial charge is 0.354 e. The maximum atomic E-state index is 13.6. The summed E-state index contributed by atoms with van der Waals surface area (Å²) in [6.45, 7) is 4.53. The van der Waals surface area contributed by atoms with E-state index in [1.54, 1.807) is 12.1 Å². The summed E-state index contributed by atoms with van der Waals surface area (Å²) in [6.07, 6.45) is 0.574. The highest BCUT2D eigenvalue weighted by Crippen LogP contribution is 2.18. The summed E-state index contributed by atoms with van der Waals surface area (Å²) >= 11 is 0. The van der Waals surface area contributed by atoms with Gasteiger partial charge in [-0.25, -0.2) is 9.37 Å². The number of benzene rings is 2. The number of halogens is 1. The number of aryl methyl sites for hydroxylation is 2. The highest BCUT2D eigenvalue weighted by Gasteiger charge is 2.04. The van der Waals surface area contributed by atoms with Crippen molar-refractivity contribution in [3.8, 4) is 0 Å². The molecular formula is C20H21FN4. The lowest BCUT2D eigenvalue weighted by molar-refractivity contribution is 0.610. The van der Waals surface area contributed by atoms with Gasteiger partial charge >= 0.3 is 0 Å². The molecule has 0 atom stereocenters. The van der Waals surface area contributed by atoms with E-state index in [2.05, 4.69) is 26.7 Å². The molecule has 0 unspecified atom stereocenters. The Morgan fingerprint density at radius 1 is 0.960 bits per heavy atom. The normalized spacial score (nSPS) is 10.5. The molecule has 0 saturated carbocycles. The van der Waals surface area contributed by atoms with Gasteiger partial charge in [0.05, 0.1) is 0 Å². The molecule has 2 aromatic carbocycles. The molecule has 1 aromatic heterocycles. The van der Waals surface area contributed by atoms with Crippen molar-refractivity contribution in [2.24, 2.45) is 0 Å². The lowest BCUT2D eigenvalue weighted by Crippen LogP contribution is -2.10. The first kappa shape index (κ1) is 16.9. The molecule has 128 valence electrons. The van der Waals surface area contributed by atoms with E-state index in [1.807, 2.05) is 44.2 Å². The van der Waals surface area contributed by atoms with Gasteiger partial charge in [0.2, 0.25) is 5.95 Å². The first-order valence-corrected chi connectivity index (χ1v) is 8.27. The van der Waals surface area contributed by atoms with Crippen molar-refractivity contribution >= 4 is 17.5 Å². The Bertz CT molecular complexity index is 864. The van der Waals surface area contributed by atoms with E-state index in [-0.39, 0.29) is 5.82 Å². The van der Waals surface area contributed by atoms with Gasteiger partial charge in [-0.1, -0.05) is 30.3 Å². The van der Waals surface area contributed by atoms with E-state index in [0.717, 1.165) is 17.2 Å². The number of aromatic nitrogens is 2. The minimum atomic E-state index is -0.184. The number of anilines is 3. The molecule has 3 rings (SSSR count). The van der Waals surface area contributed by atoms with Crippen LogP contribution in [0.1, 0.15) is 16.8 Å². The molecule has 0 saturated heterocycles. The third kappa shape index (κ3) is 4.76. The highest BCUT2D eigenvalue weighted by atomic mass is 19.1. The Morgan fingerprint density at radius 2 is 1.80 bits per heavy atom. The van der Waals surface area contributed by atoms with Crippen LogP contribution in [0.5, 0.6) is 0 Å². The van der Waals surface area contributed by atoms with Crippen LogP contribution in [0.25, 0.3) is 0 Å². The maximum Gasteiger partial charge on any atom is 0.224 e. The number of nitrogens with one attached hydrogen (secondary N) is 2. The Labute approximate surface area is 147 Å². The SMILES string of the molecule is Cc1cccc(Nc2cc(C)nc(NCCc3ccccc3F)n2)c1. The van der Waals surface area contributed by atoms with Crippen LogP contribution >= 0.6 is 0 Å². The van der Waals surface area contributed by atoms with Gasteiger partial charge in [0.15, 0.2) is 0 Å². The van der Waals surface area contributed by atoms with E-state index in [9.17, 15) is 4.39 Å². The van der Waals surface area contributed by atoms with Crippen molar-refractivity contribution < 1.29 is 4.39 Å². The van der Waals surface area contributed by atoms with Crippen LogP contribution < -0.4 is 10.6 Å². The summed E-state index contributed by atoms with van der Waals surface area (Å²) in [5.74, 6) is 1.08. The molecule has 0 amide bonds. The molecule has 0 aliphatic heterocycles. The lowest BCUT2D eigenvalue weighted by atomic mass is 10.1. The summed E-state index contributed by atoms with van der Waals surface area (Å²) in [4.78, 5) is 8.88. The average molecular weight is 336 g/mol. The molecule has 3 aromatic rings. The number of rotatable bonds is 6. The third-order valence-electron chi connectivity index (χ3n) is 3.78. The van der Waals surface area contributed by atoms with E-state index in [0.29, 0.717) is 24.5 Å². The van der Waals surface area contributed by atoms with Crippen LogP contribution in [0.15, 0.2) is 54.6 Å². The molecule has 0 radical (unpaired) electrons. The van der Waals surface area contributed by atoms with Gasteiger partial charge in [-0.05, 0) is 49.6 Å². The van der Waals surface area contributed by atoms with Gasteiger partial charge in [0, 0.05) is 24.0 Å². The average Bonchev–Trinajstić information content (AvgIpc) is 2.56. The summed E-state index contributed by atoms with van der Waals surface area (Å²) in [5, 5.41) is 6.46. The van der Waals surface area contributed by atoms with Gasteiger partial charge in [-0.15, -0.1) is 0 Å². The zero-order valence-electron chi connectivity index (χ0n) is 14.4. The smallest absolute Gasteiger partial charge is 0.224 e. The zero-order chi connectivity index (χ0) is 17.6. The monoisotopic (exact) mass is 336 g/mol. The fourth-order valence-corrected chi connectivity index (χ4v) is 2.59. The summed E-state index contributed by atoms with van der Waals surface area (Å²) in [7, 11) is 0. The predicted molar refractivity (Wildman–Crippen MR) is 99.8 cm³/mol. The van der Waals surface area contributed by atoms with Crippen LogP contribution in [0.2, 0.25) is 0 Å². The molecule has 0 aliphatic rings. The Hall–Kier alpha value is -2.95. The summed E-state index contributed by atoms with van der Waals surface area (Å²) in [5.41, 5.74) is 3.70. The summed E-state index contributed by atoms with van der Waals surface area (Å²) in [6, 6.07) is 16.8. The minimum Gasteiger partial charge on any atom is -0.354 e. The highest BCUT2D eigenvalue weighted by molar-refractivity contribution is 5.58. The van der Waals surface area contributed by atoms with Gasteiger partial charge in [0.1, 0.15) is 11.6 Å². The van der Waals surface area contributed by atoms with Gasteiger partial charge < -0.3 is 10.6 Å². The van der Waals surface area contributed by atoms with E-state index in [4.69, 9.17) is 0 Å². The third-order valence-corrected chi connectivity index (χ3v) is 3.78. The van der Waals surface area contributed by atoms with Crippen LogP contribution in [-0.2, 0) is 6.42 Å². The quantitative estimate of drug-likeness (QED) is 0.689. The van der Waals surface area contributed by atoms with Gasteiger partial charge in [-0.3, -0.25) is 0 Å². The molecular weight excluding hydrogens is 315 g/mol. The van der Waals surface area contributed by atoms with Crippen LogP contribution in [0.4, 0.5) is 21.8 Å². The molecule has 1 heterocycles. The van der Waals surface area contributed by atoms with Crippen molar-refractivity contribution in [3.05, 3.63) is 77.2 Å². The van der Waals surface area contributed by atoms with Crippen molar-refractivity contribution in [1.29, 1.82) is 0 Å². The second-order valence-electron chi connectivity index (χ2n) is 5.98. The molecule has 0 bridgehead atoms. The zero-order valence-corrected chi connectivity index (χ0v) is 14.4. The number of nitrogens with zero attached hydrogens (tertiary/aromatic N) is 2. The van der Waals surface area contributed by atoms with E-state index < -0.39 is 0 Å². The second kappa shape index (κ2) is 7.75. The van der Waals surface area contributed by atoms with Gasteiger partial charge in [-0.2, -0.15) is 4.98 Å². The first-order chi connectivity index (χ1) is 12.1. The predicted octanol–water partition coefficient (Wildman–Crippen LogP) is 4.63. The van der Waals surface area contributed by atoms with Crippen molar-refractivity contribution in [2.45, 2.75) is 20.3 Å². The molecule has 0 spiro atoms. The number of hydrogen-bond acceptors (Lipinski definition) is 4. The number of hydrogen-bond donors (Lipinski definition) is 2. The standard InChI is InChI=1S/C20H21FN4/c1-14-6-5-8-17(12-14)24-19-13-15(2)23-20(25-19)22-11-10-16-7-3-4-9-18(16)21/h3-9,12-13H,10-11H2,1-2H3,(H2,22,23,24,25). The lowest BCUT2D eigenvalue weighted by Gasteiger charge is -2.10. The first-order valence-electron chi connectivity index (χ1n) is 8.27. The van der Waals surface area contributed by atoms with E-state index in [1.165, 1.54) is 11.6 Å². The van der Waals surface area contributed by atoms with Crippen LogP contribution in [0.3, 0.4) is 0 Å². The molecule has 0 aliphatic carbocycles. The van der Waals surface area contributed by atoms with Crippen molar-refractivity contribution in [2.75, 3.05) is 17.2 Å². The fourth-order valence-electron chi connectivity index (χ4n) is 2.59. The second-order valence-corrected chi connectivity index (χ2v) is 5.98. The van der Waals surface area contributed by atoms with E-state index >= 15 is 0 Å². The molecule has 4 nitrogen and oxygen atoms in total. The molecule has 0 fully saturated rings. The molecule has 25 heavy (non-hydrogen) atoms. The fraction of sp³-hybridized carbons (Fsp3) is 0.200. The van der Waals surface area contributed by atoms with Crippen molar-refractivity contribution in [3.63, 3.8) is 0 Å². The van der Waals surface area contributed by atoms with Crippen LogP contribution in [-0.4, -0.2) is 16.5 Å². The maximum absolute atomic E-state index is 13.6. The minimum absolute atomic E-state index is 0.184. The van der Waals surface area contributed by atoms with Gasteiger partial charge in [0.25, 0.3) is 0 Å². The summed E-state index contributed by atoms with van der Waals surface area (Å²) < 4.78 is 13.6. The Kier molecular flexibility index (Phi) is 5.23. The molecule has 5 heteroatoms. The van der Waals surface area contributed by atoms with Crippen LogP contribution in [0, 0.1) is 19.7 Å². The Morgan fingerprint density at radius 3 is 2.60 bits per heavy atom.